The maximum absolute atomic E-state index is 9.19. The Bertz CT molecular complexity index is 365. The van der Waals surface area contributed by atoms with E-state index in [4.69, 9.17) is 10.00 Å². The Morgan fingerprint density at radius 3 is 2.47 bits per heavy atom. The zero-order valence-corrected chi connectivity index (χ0v) is 10.4. The first-order valence-electron chi connectivity index (χ1n) is 5.99. The fourth-order valence-corrected chi connectivity index (χ4v) is 1.48. The van der Waals surface area contributed by atoms with E-state index < -0.39 is 0 Å². The van der Waals surface area contributed by atoms with Crippen LogP contribution in [0.25, 0.3) is 0 Å². The Kier molecular flexibility index (Phi) is 5.51. The van der Waals surface area contributed by atoms with Gasteiger partial charge >= 0.3 is 0 Å². The van der Waals surface area contributed by atoms with E-state index in [0.29, 0.717) is 6.42 Å². The van der Waals surface area contributed by atoms with Gasteiger partial charge in [0, 0.05) is 0 Å². The van der Waals surface area contributed by atoms with Crippen molar-refractivity contribution in [2.45, 2.75) is 45.3 Å². The number of hydrogen-bond donors (Lipinski definition) is 1. The Morgan fingerprint density at radius 1 is 1.35 bits per heavy atom. The molecule has 0 fully saturated rings. The Labute approximate surface area is 103 Å². The van der Waals surface area contributed by atoms with Crippen LogP contribution in [0.15, 0.2) is 24.3 Å². The largest absolute Gasteiger partial charge is 0.476 e. The SMILES string of the molecule is CCC(C#N)Oc1ccc(CCC(C)O)cc1. The molecule has 0 aliphatic heterocycles. The Morgan fingerprint density at radius 2 is 2.00 bits per heavy atom. The van der Waals surface area contributed by atoms with Crippen molar-refractivity contribution in [2.24, 2.45) is 0 Å². The van der Waals surface area contributed by atoms with Gasteiger partial charge in [0.15, 0.2) is 6.10 Å². The highest BCUT2D eigenvalue weighted by molar-refractivity contribution is 5.28. The number of nitriles is 1. The molecule has 0 aliphatic carbocycles. The second-order valence-electron chi connectivity index (χ2n) is 4.18. The predicted octanol–water partition coefficient (Wildman–Crippen LogP) is 2.68. The number of benzene rings is 1. The molecular weight excluding hydrogens is 214 g/mol. The van der Waals surface area contributed by atoms with Crippen LogP contribution in [0, 0.1) is 11.3 Å². The third kappa shape index (κ3) is 4.88. The minimum Gasteiger partial charge on any atom is -0.476 e. The number of rotatable bonds is 6. The molecule has 0 amide bonds. The molecular formula is C14H19NO2. The van der Waals surface area contributed by atoms with Crippen LogP contribution in [0.4, 0.5) is 0 Å². The van der Waals surface area contributed by atoms with Gasteiger partial charge in [-0.1, -0.05) is 19.1 Å². The second kappa shape index (κ2) is 6.93. The van der Waals surface area contributed by atoms with E-state index in [9.17, 15) is 5.11 Å². The van der Waals surface area contributed by atoms with Crippen molar-refractivity contribution < 1.29 is 9.84 Å². The lowest BCUT2D eigenvalue weighted by atomic mass is 10.1. The molecule has 3 heteroatoms. The minimum absolute atomic E-state index is 0.269. The average Bonchev–Trinajstić information content (AvgIpc) is 2.34. The third-order valence-electron chi connectivity index (χ3n) is 2.57. The molecule has 0 spiro atoms. The number of hydrogen-bond acceptors (Lipinski definition) is 3. The lowest BCUT2D eigenvalue weighted by molar-refractivity contribution is 0.185. The normalized spacial score (nSPS) is 13.8. The van der Waals surface area contributed by atoms with Crippen molar-refractivity contribution in [3.8, 4) is 11.8 Å². The van der Waals surface area contributed by atoms with Crippen molar-refractivity contribution in [1.29, 1.82) is 5.26 Å². The van der Waals surface area contributed by atoms with Crippen LogP contribution in [0.3, 0.4) is 0 Å². The number of ether oxygens (including phenoxy) is 1. The quantitative estimate of drug-likeness (QED) is 0.821. The number of aliphatic hydroxyl groups is 1. The molecule has 0 radical (unpaired) electrons. The number of aryl methyl sites for hydroxylation is 1. The van der Waals surface area contributed by atoms with Crippen molar-refractivity contribution in [1.82, 2.24) is 0 Å². The molecule has 0 saturated carbocycles. The first-order valence-corrected chi connectivity index (χ1v) is 5.99. The molecule has 0 heterocycles. The molecule has 1 rings (SSSR count). The smallest absolute Gasteiger partial charge is 0.184 e. The lowest BCUT2D eigenvalue weighted by Crippen LogP contribution is -2.12. The van der Waals surface area contributed by atoms with Gasteiger partial charge in [-0.05, 0) is 43.9 Å². The van der Waals surface area contributed by atoms with Crippen molar-refractivity contribution in [2.75, 3.05) is 0 Å². The highest BCUT2D eigenvalue weighted by Crippen LogP contribution is 2.16. The van der Waals surface area contributed by atoms with E-state index in [1.807, 2.05) is 31.2 Å². The molecule has 0 aromatic heterocycles. The summed E-state index contributed by atoms with van der Waals surface area (Å²) in [5.41, 5.74) is 1.17. The van der Waals surface area contributed by atoms with Gasteiger partial charge in [0.05, 0.1) is 6.10 Å². The monoisotopic (exact) mass is 233 g/mol. The first-order chi connectivity index (χ1) is 8.15. The molecule has 17 heavy (non-hydrogen) atoms. The fraction of sp³-hybridized carbons (Fsp3) is 0.500. The van der Waals surface area contributed by atoms with Crippen LogP contribution in [-0.2, 0) is 6.42 Å². The van der Waals surface area contributed by atoms with Gasteiger partial charge in [0.2, 0.25) is 0 Å². The summed E-state index contributed by atoms with van der Waals surface area (Å²) in [6.07, 6.45) is 1.65. The second-order valence-corrected chi connectivity index (χ2v) is 4.18. The molecule has 0 saturated heterocycles. The molecule has 2 unspecified atom stereocenters. The van der Waals surface area contributed by atoms with Gasteiger partial charge in [-0.25, -0.2) is 0 Å². The van der Waals surface area contributed by atoms with E-state index in [1.54, 1.807) is 6.92 Å². The zero-order valence-electron chi connectivity index (χ0n) is 10.4. The summed E-state index contributed by atoms with van der Waals surface area (Å²) in [5.74, 6) is 0.721. The van der Waals surface area contributed by atoms with Gasteiger partial charge in [0.25, 0.3) is 0 Å². The van der Waals surface area contributed by atoms with E-state index >= 15 is 0 Å². The van der Waals surface area contributed by atoms with Gasteiger partial charge in [-0.15, -0.1) is 0 Å². The molecule has 1 N–H and O–H groups in total. The van der Waals surface area contributed by atoms with Gasteiger partial charge < -0.3 is 9.84 Å². The number of aliphatic hydroxyl groups excluding tert-OH is 1. The highest BCUT2D eigenvalue weighted by Gasteiger charge is 2.05. The Hall–Kier alpha value is -1.53. The van der Waals surface area contributed by atoms with E-state index in [1.165, 1.54) is 5.56 Å². The van der Waals surface area contributed by atoms with Crippen LogP contribution in [-0.4, -0.2) is 17.3 Å². The molecule has 0 aliphatic rings. The van der Waals surface area contributed by atoms with Crippen molar-refractivity contribution in [3.63, 3.8) is 0 Å². The third-order valence-corrected chi connectivity index (χ3v) is 2.57. The predicted molar refractivity (Wildman–Crippen MR) is 66.8 cm³/mol. The van der Waals surface area contributed by atoms with E-state index in [0.717, 1.165) is 18.6 Å². The summed E-state index contributed by atoms with van der Waals surface area (Å²) in [4.78, 5) is 0. The molecule has 1 aromatic rings. The molecule has 92 valence electrons. The minimum atomic E-state index is -0.377. The van der Waals surface area contributed by atoms with Crippen LogP contribution < -0.4 is 4.74 Å². The van der Waals surface area contributed by atoms with Gasteiger partial charge in [0.1, 0.15) is 11.8 Å². The van der Waals surface area contributed by atoms with Crippen LogP contribution in [0.2, 0.25) is 0 Å². The molecule has 0 bridgehead atoms. The number of nitrogens with zero attached hydrogens (tertiary/aromatic N) is 1. The van der Waals surface area contributed by atoms with E-state index in [2.05, 4.69) is 6.07 Å². The maximum Gasteiger partial charge on any atom is 0.184 e. The summed E-state index contributed by atoms with van der Waals surface area (Å²) in [6.45, 7) is 3.71. The van der Waals surface area contributed by atoms with Crippen molar-refractivity contribution in [3.05, 3.63) is 29.8 Å². The summed E-state index contributed by atoms with van der Waals surface area (Å²) in [5, 5.41) is 18.0. The fourth-order valence-electron chi connectivity index (χ4n) is 1.48. The lowest BCUT2D eigenvalue weighted by Gasteiger charge is -2.11. The highest BCUT2D eigenvalue weighted by atomic mass is 16.5. The summed E-state index contributed by atoms with van der Waals surface area (Å²) in [7, 11) is 0. The van der Waals surface area contributed by atoms with Crippen LogP contribution in [0.5, 0.6) is 5.75 Å². The summed E-state index contributed by atoms with van der Waals surface area (Å²) < 4.78 is 5.48. The standard InChI is InChI=1S/C14H19NO2/c1-3-13(10-15)17-14-8-6-12(7-9-14)5-4-11(2)16/h6-9,11,13,16H,3-5H2,1-2H3. The topological polar surface area (TPSA) is 53.2 Å². The first kappa shape index (κ1) is 13.5. The maximum atomic E-state index is 9.19. The molecule has 2 atom stereocenters. The van der Waals surface area contributed by atoms with Crippen molar-refractivity contribution >= 4 is 0 Å². The zero-order chi connectivity index (χ0) is 12.7. The van der Waals surface area contributed by atoms with Gasteiger partial charge in [-0.3, -0.25) is 0 Å². The summed E-state index contributed by atoms with van der Waals surface area (Å²) in [6, 6.07) is 9.79. The molecule has 3 nitrogen and oxygen atoms in total. The Balaban J connectivity index is 2.53. The van der Waals surface area contributed by atoms with Gasteiger partial charge in [-0.2, -0.15) is 5.26 Å². The van der Waals surface area contributed by atoms with E-state index in [-0.39, 0.29) is 12.2 Å². The summed E-state index contributed by atoms with van der Waals surface area (Å²) >= 11 is 0. The molecule has 1 aromatic carbocycles. The average molecular weight is 233 g/mol. The van der Waals surface area contributed by atoms with Crippen LogP contribution in [0.1, 0.15) is 32.3 Å². The van der Waals surface area contributed by atoms with Crippen LogP contribution >= 0.6 is 0 Å².